The highest BCUT2D eigenvalue weighted by molar-refractivity contribution is 5.61. The first-order valence-corrected chi connectivity index (χ1v) is 7.16. The molecule has 3 rings (SSSR count). The molecule has 0 bridgehead atoms. The van der Waals surface area contributed by atoms with Crippen molar-refractivity contribution >= 4 is 0 Å². The fraction of sp³-hybridized carbons (Fsp3) is 0.467. The summed E-state index contributed by atoms with van der Waals surface area (Å²) in [5.41, 5.74) is 3.19. The van der Waals surface area contributed by atoms with Crippen LogP contribution in [-0.4, -0.2) is 32.9 Å². The zero-order valence-corrected chi connectivity index (χ0v) is 11.4. The quantitative estimate of drug-likeness (QED) is 0.775. The molecular weight excluding hydrogens is 252 g/mol. The molecule has 1 aliphatic rings. The first kappa shape index (κ1) is 13.3. The average Bonchev–Trinajstić information content (AvgIpc) is 3.10. The monoisotopic (exact) mass is 272 g/mol. The molecule has 2 unspecified atom stereocenters. The summed E-state index contributed by atoms with van der Waals surface area (Å²) in [5, 5.41) is 20.4. The number of aromatic nitrogens is 3. The van der Waals surface area contributed by atoms with Crippen LogP contribution in [0.5, 0.6) is 0 Å². The molecule has 5 nitrogen and oxygen atoms in total. The van der Waals surface area contributed by atoms with Crippen LogP contribution in [0.25, 0.3) is 11.3 Å². The molecule has 1 aliphatic carbocycles. The molecule has 3 N–H and O–H groups in total. The summed E-state index contributed by atoms with van der Waals surface area (Å²) in [5.74, 6) is 0.392. The van der Waals surface area contributed by atoms with Crippen molar-refractivity contribution in [1.82, 2.24) is 20.5 Å². The van der Waals surface area contributed by atoms with Gasteiger partial charge in [0.15, 0.2) is 0 Å². The molecule has 2 aromatic heterocycles. The maximum atomic E-state index is 9.81. The number of nitrogens with one attached hydrogen (secondary N) is 2. The Bertz CT molecular complexity index is 540. The van der Waals surface area contributed by atoms with Crippen molar-refractivity contribution < 1.29 is 5.11 Å². The van der Waals surface area contributed by atoms with Gasteiger partial charge >= 0.3 is 0 Å². The van der Waals surface area contributed by atoms with Gasteiger partial charge in [-0.25, -0.2) is 0 Å². The van der Waals surface area contributed by atoms with Gasteiger partial charge in [-0.3, -0.25) is 10.1 Å². The summed E-state index contributed by atoms with van der Waals surface area (Å²) in [7, 11) is 0. The van der Waals surface area contributed by atoms with E-state index >= 15 is 0 Å². The van der Waals surface area contributed by atoms with Gasteiger partial charge in [0.2, 0.25) is 0 Å². The lowest BCUT2D eigenvalue weighted by atomic mass is 10.1. The Balaban J connectivity index is 1.60. The van der Waals surface area contributed by atoms with Gasteiger partial charge in [0.25, 0.3) is 0 Å². The van der Waals surface area contributed by atoms with E-state index in [9.17, 15) is 5.11 Å². The number of hydrogen-bond acceptors (Lipinski definition) is 4. The zero-order chi connectivity index (χ0) is 13.8. The summed E-state index contributed by atoms with van der Waals surface area (Å²) in [6.45, 7) is 1.61. The molecule has 0 amide bonds. The molecule has 106 valence electrons. The number of aliphatic hydroxyl groups excluding tert-OH is 1. The van der Waals surface area contributed by atoms with E-state index in [0.29, 0.717) is 5.92 Å². The molecule has 0 radical (unpaired) electrons. The number of nitrogens with zero attached hydrogens (tertiary/aromatic N) is 2. The molecule has 2 aromatic rings. The average molecular weight is 272 g/mol. The van der Waals surface area contributed by atoms with Crippen molar-refractivity contribution in [3.63, 3.8) is 0 Å². The van der Waals surface area contributed by atoms with Gasteiger partial charge in [-0.15, -0.1) is 0 Å². The molecule has 1 fully saturated rings. The van der Waals surface area contributed by atoms with Gasteiger partial charge in [-0.1, -0.05) is 6.42 Å². The second kappa shape index (κ2) is 6.15. The van der Waals surface area contributed by atoms with Gasteiger partial charge in [0, 0.05) is 36.6 Å². The Hall–Kier alpha value is -1.72. The van der Waals surface area contributed by atoms with E-state index in [1.54, 1.807) is 6.20 Å². The van der Waals surface area contributed by atoms with E-state index in [0.717, 1.165) is 49.2 Å². The largest absolute Gasteiger partial charge is 0.393 e. The minimum atomic E-state index is -0.135. The lowest BCUT2D eigenvalue weighted by Gasteiger charge is -2.15. The molecule has 5 heteroatoms. The number of rotatable bonds is 5. The van der Waals surface area contributed by atoms with E-state index in [2.05, 4.69) is 20.5 Å². The van der Waals surface area contributed by atoms with Crippen molar-refractivity contribution in [2.45, 2.75) is 31.9 Å². The number of pyridine rings is 1. The molecule has 0 aliphatic heterocycles. The standard InChI is InChI=1S/C15H20N4O/c20-14-5-1-3-11(14)7-17-9-13-10-18-19-15(13)12-4-2-6-16-8-12/h2,4,6,8,10-11,14,17,20H,1,3,5,7,9H2,(H,18,19). The van der Waals surface area contributed by atoms with Gasteiger partial charge in [0.1, 0.15) is 0 Å². The highest BCUT2D eigenvalue weighted by Gasteiger charge is 2.24. The first-order valence-electron chi connectivity index (χ1n) is 7.16. The van der Waals surface area contributed by atoms with E-state index in [1.807, 2.05) is 24.5 Å². The molecule has 0 saturated heterocycles. The highest BCUT2D eigenvalue weighted by atomic mass is 16.3. The maximum Gasteiger partial charge on any atom is 0.0710 e. The van der Waals surface area contributed by atoms with Gasteiger partial charge < -0.3 is 10.4 Å². The molecule has 0 spiro atoms. The third-order valence-electron chi connectivity index (χ3n) is 4.01. The summed E-state index contributed by atoms with van der Waals surface area (Å²) in [6, 6.07) is 3.94. The molecule has 1 saturated carbocycles. The summed E-state index contributed by atoms with van der Waals surface area (Å²) >= 11 is 0. The molecule has 0 aromatic carbocycles. The van der Waals surface area contributed by atoms with E-state index in [4.69, 9.17) is 0 Å². The minimum absolute atomic E-state index is 0.135. The Labute approximate surface area is 118 Å². The predicted molar refractivity (Wildman–Crippen MR) is 76.9 cm³/mol. The van der Waals surface area contributed by atoms with Crippen LogP contribution in [-0.2, 0) is 6.54 Å². The van der Waals surface area contributed by atoms with Crippen LogP contribution in [0, 0.1) is 5.92 Å². The van der Waals surface area contributed by atoms with Crippen molar-refractivity contribution in [1.29, 1.82) is 0 Å². The van der Waals surface area contributed by atoms with E-state index in [1.165, 1.54) is 0 Å². The number of H-pyrrole nitrogens is 1. The highest BCUT2D eigenvalue weighted by Crippen LogP contribution is 2.25. The summed E-state index contributed by atoms with van der Waals surface area (Å²) < 4.78 is 0. The van der Waals surface area contributed by atoms with Gasteiger partial charge in [-0.2, -0.15) is 5.10 Å². The van der Waals surface area contributed by atoms with Crippen LogP contribution in [0.2, 0.25) is 0 Å². The van der Waals surface area contributed by atoms with Crippen LogP contribution >= 0.6 is 0 Å². The van der Waals surface area contributed by atoms with Crippen molar-refractivity contribution in [3.05, 3.63) is 36.3 Å². The summed E-state index contributed by atoms with van der Waals surface area (Å²) in [4.78, 5) is 4.13. The lowest BCUT2D eigenvalue weighted by Crippen LogP contribution is -2.27. The van der Waals surface area contributed by atoms with E-state index < -0.39 is 0 Å². The molecule has 20 heavy (non-hydrogen) atoms. The number of aromatic amines is 1. The van der Waals surface area contributed by atoms with Crippen LogP contribution in [0.15, 0.2) is 30.7 Å². The Kier molecular flexibility index (Phi) is 4.08. The number of hydrogen-bond donors (Lipinski definition) is 3. The third kappa shape index (κ3) is 2.89. The molecular formula is C15H20N4O. The van der Waals surface area contributed by atoms with Crippen molar-refractivity contribution in [2.24, 2.45) is 5.92 Å². The minimum Gasteiger partial charge on any atom is -0.393 e. The van der Waals surface area contributed by atoms with Crippen LogP contribution in [0.3, 0.4) is 0 Å². The Morgan fingerprint density at radius 2 is 2.30 bits per heavy atom. The van der Waals surface area contributed by atoms with Gasteiger partial charge in [0.05, 0.1) is 18.0 Å². The second-order valence-electron chi connectivity index (χ2n) is 5.40. The van der Waals surface area contributed by atoms with Crippen LogP contribution in [0.1, 0.15) is 24.8 Å². The Morgan fingerprint density at radius 1 is 1.35 bits per heavy atom. The van der Waals surface area contributed by atoms with E-state index in [-0.39, 0.29) is 6.10 Å². The van der Waals surface area contributed by atoms with Crippen molar-refractivity contribution in [3.8, 4) is 11.3 Å². The third-order valence-corrected chi connectivity index (χ3v) is 4.01. The SMILES string of the molecule is OC1CCCC1CNCc1cn[nH]c1-c1cccnc1. The summed E-state index contributed by atoms with van der Waals surface area (Å²) in [6.07, 6.45) is 8.51. The smallest absolute Gasteiger partial charge is 0.0710 e. The molecule has 2 atom stereocenters. The maximum absolute atomic E-state index is 9.81. The lowest BCUT2D eigenvalue weighted by molar-refractivity contribution is 0.131. The number of aliphatic hydroxyl groups is 1. The normalized spacial score (nSPS) is 22.2. The topological polar surface area (TPSA) is 73.8 Å². The van der Waals surface area contributed by atoms with Crippen molar-refractivity contribution in [2.75, 3.05) is 6.54 Å². The fourth-order valence-electron chi connectivity index (χ4n) is 2.85. The fourth-order valence-corrected chi connectivity index (χ4v) is 2.85. The Morgan fingerprint density at radius 3 is 3.05 bits per heavy atom. The molecule has 2 heterocycles. The zero-order valence-electron chi connectivity index (χ0n) is 11.4. The van der Waals surface area contributed by atoms with Gasteiger partial charge in [-0.05, 0) is 30.9 Å². The second-order valence-corrected chi connectivity index (χ2v) is 5.40. The first-order chi connectivity index (χ1) is 9.84. The van der Waals surface area contributed by atoms with Crippen LogP contribution < -0.4 is 5.32 Å². The predicted octanol–water partition coefficient (Wildman–Crippen LogP) is 1.72. The van der Waals surface area contributed by atoms with Crippen LogP contribution in [0.4, 0.5) is 0 Å².